The molecule has 0 heterocycles. The molecule has 1 aromatic rings. The Labute approximate surface area is 170 Å². The summed E-state index contributed by atoms with van der Waals surface area (Å²) in [7, 11) is -0.0882. The fraction of sp³-hybridized carbons (Fsp3) is 0.714. The Hall–Kier alpha value is -0.363. The minimum atomic E-state index is -1.80. The van der Waals surface area contributed by atoms with Gasteiger partial charge in [-0.1, -0.05) is 57.5 Å². The van der Waals surface area contributed by atoms with Gasteiger partial charge in [0.25, 0.3) is 0 Å². The predicted molar refractivity (Wildman–Crippen MR) is 117 cm³/mol. The van der Waals surface area contributed by atoms with E-state index in [2.05, 4.69) is 69.6 Å². The second-order valence-electron chi connectivity index (χ2n) is 7.86. The molecule has 0 saturated heterocycles. The van der Waals surface area contributed by atoms with Crippen molar-refractivity contribution in [2.75, 3.05) is 26.9 Å². The first kappa shape index (κ1) is 23.7. The van der Waals surface area contributed by atoms with Crippen molar-refractivity contribution in [1.29, 1.82) is 0 Å². The Bertz CT molecular complexity index is 510. The van der Waals surface area contributed by atoms with Gasteiger partial charge in [0.2, 0.25) is 0 Å². The van der Waals surface area contributed by atoms with E-state index in [-0.39, 0.29) is 0 Å². The van der Waals surface area contributed by atoms with Crippen LogP contribution in [0, 0.1) is 0 Å². The van der Waals surface area contributed by atoms with E-state index in [0.717, 1.165) is 36.3 Å². The highest BCUT2D eigenvalue weighted by atomic mass is 79.9. The van der Waals surface area contributed by atoms with Gasteiger partial charge in [0, 0.05) is 31.2 Å². The lowest BCUT2D eigenvalue weighted by Gasteiger charge is -2.42. The molecule has 26 heavy (non-hydrogen) atoms. The molecule has 0 aliphatic rings. The minimum absolute atomic E-state index is 0.612. The molecule has 0 saturated carbocycles. The van der Waals surface area contributed by atoms with Crippen LogP contribution in [0.4, 0.5) is 0 Å². The molecule has 0 bridgehead atoms. The molecule has 0 aliphatic carbocycles. The molecule has 0 fully saturated rings. The van der Waals surface area contributed by atoms with Crippen molar-refractivity contribution < 1.29 is 13.9 Å². The third-order valence-corrected chi connectivity index (χ3v) is 12.1. The Morgan fingerprint density at radius 1 is 0.923 bits per heavy atom. The van der Waals surface area contributed by atoms with E-state index in [1.54, 1.807) is 7.11 Å². The smallest absolute Gasteiger partial charge is 0.200 e. The molecule has 3 nitrogen and oxygen atoms in total. The molecular weight excluding hydrogens is 408 g/mol. The summed E-state index contributed by atoms with van der Waals surface area (Å²) >= 11 is 3.67. The van der Waals surface area contributed by atoms with Crippen LogP contribution in [0.1, 0.15) is 53.5 Å². The first-order chi connectivity index (χ1) is 12.3. The Morgan fingerprint density at radius 3 is 2.08 bits per heavy atom. The highest BCUT2D eigenvalue weighted by Gasteiger charge is 2.44. The van der Waals surface area contributed by atoms with Gasteiger partial charge in [0.05, 0.1) is 6.61 Å². The summed E-state index contributed by atoms with van der Waals surface area (Å²) in [6.45, 7) is 16.2. The lowest BCUT2D eigenvalue weighted by Crippen LogP contribution is -2.48. The normalized spacial score (nSPS) is 12.4. The van der Waals surface area contributed by atoms with Crippen molar-refractivity contribution in [2.45, 2.75) is 71.0 Å². The number of halogens is 1. The Kier molecular flexibility index (Phi) is 10.4. The van der Waals surface area contributed by atoms with Gasteiger partial charge in [-0.2, -0.15) is 0 Å². The molecule has 0 spiro atoms. The third-order valence-electron chi connectivity index (χ3n) is 5.21. The van der Waals surface area contributed by atoms with Gasteiger partial charge >= 0.3 is 0 Å². The minimum Gasteiger partial charge on any atom is -0.493 e. The largest absolute Gasteiger partial charge is 0.493 e. The Balaban J connectivity index is 2.73. The average Bonchev–Trinajstić information content (AvgIpc) is 2.56. The highest BCUT2D eigenvalue weighted by molar-refractivity contribution is 9.10. The van der Waals surface area contributed by atoms with Gasteiger partial charge in [-0.3, -0.25) is 0 Å². The second kappa shape index (κ2) is 11.5. The summed E-state index contributed by atoms with van der Waals surface area (Å²) < 4.78 is 18.7. The SMILES string of the molecule is COCCCOc1ccc(Br)c(CCO[Si](C(C)C)(C(C)C)C(C)C)c1. The summed E-state index contributed by atoms with van der Waals surface area (Å²) in [6, 6.07) is 6.21. The van der Waals surface area contributed by atoms with Crippen LogP contribution in [0.2, 0.25) is 16.6 Å². The molecule has 1 aromatic carbocycles. The number of hydrogen-bond acceptors (Lipinski definition) is 3. The van der Waals surface area contributed by atoms with Crippen molar-refractivity contribution in [3.63, 3.8) is 0 Å². The quantitative estimate of drug-likeness (QED) is 0.268. The van der Waals surface area contributed by atoms with Gasteiger partial charge in [0.1, 0.15) is 5.75 Å². The van der Waals surface area contributed by atoms with Gasteiger partial charge in [-0.25, -0.2) is 0 Å². The maximum absolute atomic E-state index is 6.69. The first-order valence-corrected chi connectivity index (χ1v) is 12.7. The van der Waals surface area contributed by atoms with Crippen LogP contribution in [0.3, 0.4) is 0 Å². The number of hydrogen-bond donors (Lipinski definition) is 0. The summed E-state index contributed by atoms with van der Waals surface area (Å²) in [4.78, 5) is 0. The van der Waals surface area contributed by atoms with Crippen LogP contribution in [0.25, 0.3) is 0 Å². The molecular formula is C21H37BrO3Si. The van der Waals surface area contributed by atoms with E-state index in [1.807, 2.05) is 6.07 Å². The fourth-order valence-corrected chi connectivity index (χ4v) is 9.96. The van der Waals surface area contributed by atoms with Crippen molar-refractivity contribution in [3.05, 3.63) is 28.2 Å². The monoisotopic (exact) mass is 444 g/mol. The van der Waals surface area contributed by atoms with Crippen LogP contribution >= 0.6 is 15.9 Å². The standard InChI is InChI=1S/C21H37BrO3Si/c1-16(2)26(17(3)4,18(5)6)25-14-11-19-15-20(9-10-21(19)22)24-13-8-12-23-7/h9-10,15-18H,8,11-14H2,1-7H3. The average molecular weight is 446 g/mol. The topological polar surface area (TPSA) is 27.7 Å². The number of ether oxygens (including phenoxy) is 2. The molecule has 0 unspecified atom stereocenters. The van der Waals surface area contributed by atoms with E-state index < -0.39 is 8.32 Å². The van der Waals surface area contributed by atoms with Crippen LogP contribution in [-0.2, 0) is 15.6 Å². The van der Waals surface area contributed by atoms with Crippen molar-refractivity contribution >= 4 is 24.2 Å². The highest BCUT2D eigenvalue weighted by Crippen LogP contribution is 2.42. The Morgan fingerprint density at radius 2 is 1.54 bits per heavy atom. The molecule has 1 rings (SSSR count). The zero-order valence-corrected chi connectivity index (χ0v) is 20.2. The molecule has 5 heteroatoms. The molecule has 0 N–H and O–H groups in total. The van der Waals surface area contributed by atoms with Gasteiger partial charge in [-0.05, 0) is 46.8 Å². The van der Waals surface area contributed by atoms with E-state index in [9.17, 15) is 0 Å². The van der Waals surface area contributed by atoms with Crippen LogP contribution < -0.4 is 4.74 Å². The van der Waals surface area contributed by atoms with Gasteiger partial charge in [0.15, 0.2) is 8.32 Å². The summed E-state index contributed by atoms with van der Waals surface area (Å²) in [5.74, 6) is 0.916. The van der Waals surface area contributed by atoms with Crippen molar-refractivity contribution in [1.82, 2.24) is 0 Å². The molecule has 150 valence electrons. The molecule has 0 atom stereocenters. The van der Waals surface area contributed by atoms with Crippen LogP contribution in [0.5, 0.6) is 5.75 Å². The van der Waals surface area contributed by atoms with Crippen LogP contribution in [0.15, 0.2) is 22.7 Å². The van der Waals surface area contributed by atoms with Crippen molar-refractivity contribution in [3.8, 4) is 5.75 Å². The van der Waals surface area contributed by atoms with E-state index in [4.69, 9.17) is 13.9 Å². The van der Waals surface area contributed by atoms with E-state index >= 15 is 0 Å². The van der Waals surface area contributed by atoms with Crippen LogP contribution in [-0.4, -0.2) is 35.2 Å². The third kappa shape index (κ3) is 6.36. The molecule has 0 amide bonds. The lowest BCUT2D eigenvalue weighted by molar-refractivity contribution is 0.172. The predicted octanol–water partition coefficient (Wildman–Crippen LogP) is 6.60. The maximum Gasteiger partial charge on any atom is 0.200 e. The summed E-state index contributed by atoms with van der Waals surface area (Å²) in [5.41, 5.74) is 3.08. The van der Waals surface area contributed by atoms with Crippen molar-refractivity contribution in [2.24, 2.45) is 0 Å². The van der Waals surface area contributed by atoms with E-state index in [1.165, 1.54) is 5.56 Å². The zero-order chi connectivity index (χ0) is 19.7. The van der Waals surface area contributed by atoms with Gasteiger partial charge < -0.3 is 13.9 Å². The summed E-state index contributed by atoms with van der Waals surface area (Å²) in [6.07, 6.45) is 1.80. The van der Waals surface area contributed by atoms with E-state index in [0.29, 0.717) is 23.2 Å². The number of benzene rings is 1. The maximum atomic E-state index is 6.69. The number of methoxy groups -OCH3 is 1. The summed E-state index contributed by atoms with van der Waals surface area (Å²) in [5, 5.41) is 0. The molecule has 0 aliphatic heterocycles. The fourth-order valence-electron chi connectivity index (χ4n) is 4.06. The van der Waals surface area contributed by atoms with Gasteiger partial charge in [-0.15, -0.1) is 0 Å². The molecule has 0 radical (unpaired) electrons. The number of rotatable bonds is 12. The zero-order valence-electron chi connectivity index (χ0n) is 17.6. The lowest BCUT2D eigenvalue weighted by atomic mass is 10.1. The second-order valence-corrected chi connectivity index (χ2v) is 14.2. The first-order valence-electron chi connectivity index (χ1n) is 9.79. The molecule has 0 aromatic heterocycles.